The van der Waals surface area contributed by atoms with Crippen molar-refractivity contribution < 1.29 is 24.5 Å². The van der Waals surface area contributed by atoms with E-state index in [4.69, 9.17) is 4.74 Å². The van der Waals surface area contributed by atoms with Crippen LogP contribution in [0.15, 0.2) is 17.1 Å². The maximum atomic E-state index is 14.9. The lowest BCUT2D eigenvalue weighted by Crippen LogP contribution is -2.45. The van der Waals surface area contributed by atoms with Crippen molar-refractivity contribution in [2.24, 2.45) is 7.05 Å². The van der Waals surface area contributed by atoms with Crippen LogP contribution in [0.2, 0.25) is 0 Å². The quantitative estimate of drug-likeness (QED) is 0.809. The number of carbonyl (C=O) groups is 1. The van der Waals surface area contributed by atoms with Crippen LogP contribution in [-0.4, -0.2) is 66.4 Å². The normalized spacial score (nSPS) is 14.4. The molecule has 1 aliphatic rings. The van der Waals surface area contributed by atoms with Crippen LogP contribution in [-0.2, 0) is 7.05 Å². The van der Waals surface area contributed by atoms with Gasteiger partial charge in [0.25, 0.3) is 0 Å². The van der Waals surface area contributed by atoms with E-state index in [0.29, 0.717) is 24.3 Å². The van der Waals surface area contributed by atoms with E-state index in [0.717, 1.165) is 19.2 Å². The van der Waals surface area contributed by atoms with Crippen LogP contribution in [0.3, 0.4) is 0 Å². The summed E-state index contributed by atoms with van der Waals surface area (Å²) in [4.78, 5) is 27.7. The second kappa shape index (κ2) is 8.55. The average molecular weight is 404 g/mol. The molecule has 1 aliphatic heterocycles. The molecule has 0 spiro atoms. The predicted molar refractivity (Wildman–Crippen MR) is 103 cm³/mol. The van der Waals surface area contributed by atoms with Gasteiger partial charge in [0.15, 0.2) is 11.6 Å². The molecule has 0 atom stereocenters. The highest BCUT2D eigenvalue weighted by Crippen LogP contribution is 2.38. The number of piperazine rings is 1. The van der Waals surface area contributed by atoms with Crippen LogP contribution in [0.4, 0.5) is 10.1 Å². The Hall–Kier alpha value is -2.36. The number of rotatable bonds is 3. The fourth-order valence-corrected chi connectivity index (χ4v) is 3.26. The first-order valence-corrected chi connectivity index (χ1v) is 7.91. The summed E-state index contributed by atoms with van der Waals surface area (Å²) >= 11 is 0. The Balaban J connectivity index is 0.00000182. The third-order valence-electron chi connectivity index (χ3n) is 4.60. The summed E-state index contributed by atoms with van der Waals surface area (Å²) in [6.45, 7) is 2.85. The van der Waals surface area contributed by atoms with E-state index in [1.54, 1.807) is 7.05 Å². The van der Waals surface area contributed by atoms with Crippen molar-refractivity contribution in [2.45, 2.75) is 0 Å². The van der Waals surface area contributed by atoms with Gasteiger partial charge in [0.1, 0.15) is 11.3 Å². The van der Waals surface area contributed by atoms with Gasteiger partial charge >= 0.3 is 5.97 Å². The second-order valence-corrected chi connectivity index (χ2v) is 6.21. The number of carboxylic acids is 1. The SMILES string of the molecule is COc1c(N2CCN(C)CC2)c(F)cc2c(=O)c(C(=O)O)cn(C)c12.Cl.O. The molecule has 2 heterocycles. The molecular formula is C17H23ClFN3O5. The number of ether oxygens (including phenoxy) is 1. The smallest absolute Gasteiger partial charge is 0.341 e. The monoisotopic (exact) mass is 403 g/mol. The third-order valence-corrected chi connectivity index (χ3v) is 4.60. The Morgan fingerprint density at radius 3 is 2.33 bits per heavy atom. The third kappa shape index (κ3) is 3.85. The molecular weight excluding hydrogens is 381 g/mol. The molecule has 1 aromatic heterocycles. The molecule has 1 fully saturated rings. The minimum atomic E-state index is -1.34. The lowest BCUT2D eigenvalue weighted by Gasteiger charge is -2.35. The Kier molecular flexibility index (Phi) is 7.18. The summed E-state index contributed by atoms with van der Waals surface area (Å²) in [6.07, 6.45) is 1.24. The zero-order valence-electron chi connectivity index (χ0n) is 15.3. The van der Waals surface area contributed by atoms with E-state index < -0.39 is 22.8 Å². The zero-order valence-corrected chi connectivity index (χ0v) is 16.1. The van der Waals surface area contributed by atoms with Gasteiger partial charge in [-0.25, -0.2) is 9.18 Å². The molecule has 1 saturated heterocycles. The number of aromatic nitrogens is 1. The first-order chi connectivity index (χ1) is 11.8. The van der Waals surface area contributed by atoms with Gasteiger partial charge in [-0.1, -0.05) is 0 Å². The van der Waals surface area contributed by atoms with Gasteiger partial charge in [0.05, 0.1) is 18.0 Å². The van der Waals surface area contributed by atoms with Crippen molar-refractivity contribution in [3.05, 3.63) is 33.9 Å². The molecule has 0 radical (unpaired) electrons. The van der Waals surface area contributed by atoms with E-state index in [9.17, 15) is 19.1 Å². The maximum absolute atomic E-state index is 14.9. The number of hydrogen-bond donors (Lipinski definition) is 1. The number of aryl methyl sites for hydroxylation is 1. The Morgan fingerprint density at radius 1 is 1.22 bits per heavy atom. The molecule has 1 aromatic carbocycles. The molecule has 3 N–H and O–H groups in total. The molecule has 0 unspecified atom stereocenters. The molecule has 150 valence electrons. The molecule has 27 heavy (non-hydrogen) atoms. The lowest BCUT2D eigenvalue weighted by molar-refractivity contribution is 0.0695. The van der Waals surface area contributed by atoms with Crippen LogP contribution in [0.25, 0.3) is 10.9 Å². The van der Waals surface area contributed by atoms with Gasteiger partial charge in [0, 0.05) is 39.4 Å². The Morgan fingerprint density at radius 2 is 1.81 bits per heavy atom. The number of aromatic carboxylic acids is 1. The summed E-state index contributed by atoms with van der Waals surface area (Å²) in [5.74, 6) is -1.69. The zero-order chi connectivity index (χ0) is 18.3. The van der Waals surface area contributed by atoms with Gasteiger partial charge in [-0.3, -0.25) is 4.79 Å². The predicted octanol–water partition coefficient (Wildman–Crippen LogP) is 0.733. The van der Waals surface area contributed by atoms with Crippen LogP contribution >= 0.6 is 12.4 Å². The highest BCUT2D eigenvalue weighted by atomic mass is 35.5. The number of benzene rings is 1. The number of likely N-dealkylation sites (N-methyl/N-ethyl adjacent to an activating group) is 1. The maximum Gasteiger partial charge on any atom is 0.341 e. The van der Waals surface area contributed by atoms with Gasteiger partial charge in [-0.15, -0.1) is 12.4 Å². The minimum absolute atomic E-state index is 0. The molecule has 0 aliphatic carbocycles. The highest BCUT2D eigenvalue weighted by molar-refractivity contribution is 5.96. The number of anilines is 1. The van der Waals surface area contributed by atoms with Crippen molar-refractivity contribution in [3.63, 3.8) is 0 Å². The van der Waals surface area contributed by atoms with Crippen molar-refractivity contribution in [2.75, 3.05) is 45.2 Å². The fraction of sp³-hybridized carbons (Fsp3) is 0.412. The van der Waals surface area contributed by atoms with Crippen LogP contribution in [0, 0.1) is 5.82 Å². The summed E-state index contributed by atoms with van der Waals surface area (Å²) < 4.78 is 21.8. The van der Waals surface area contributed by atoms with E-state index in [-0.39, 0.29) is 29.0 Å². The molecule has 0 amide bonds. The van der Waals surface area contributed by atoms with Crippen molar-refractivity contribution in [1.29, 1.82) is 0 Å². The Labute approximate surface area is 161 Å². The fourth-order valence-electron chi connectivity index (χ4n) is 3.26. The molecule has 0 saturated carbocycles. The van der Waals surface area contributed by atoms with Crippen LogP contribution in [0.1, 0.15) is 10.4 Å². The number of nitrogens with zero attached hydrogens (tertiary/aromatic N) is 3. The molecule has 8 nitrogen and oxygen atoms in total. The van der Waals surface area contributed by atoms with Crippen LogP contribution in [0.5, 0.6) is 5.75 Å². The van der Waals surface area contributed by atoms with E-state index in [1.165, 1.54) is 17.9 Å². The van der Waals surface area contributed by atoms with E-state index in [1.807, 2.05) is 11.9 Å². The summed E-state index contributed by atoms with van der Waals surface area (Å²) in [5.41, 5.74) is -0.430. The minimum Gasteiger partial charge on any atom is -0.492 e. The molecule has 10 heteroatoms. The lowest BCUT2D eigenvalue weighted by atomic mass is 10.1. The van der Waals surface area contributed by atoms with Gasteiger partial charge in [0.2, 0.25) is 5.43 Å². The summed E-state index contributed by atoms with van der Waals surface area (Å²) in [7, 11) is 5.04. The molecule has 0 bridgehead atoms. The number of halogens is 2. The molecule has 2 aromatic rings. The van der Waals surface area contributed by atoms with Gasteiger partial charge < -0.3 is 29.7 Å². The number of fused-ring (bicyclic) bond motifs is 1. The number of methoxy groups -OCH3 is 1. The first-order valence-electron chi connectivity index (χ1n) is 7.91. The summed E-state index contributed by atoms with van der Waals surface area (Å²) in [6, 6.07) is 1.11. The van der Waals surface area contributed by atoms with Crippen LogP contribution < -0.4 is 15.1 Å². The number of carboxylic acid groups (broad SMARTS) is 1. The number of pyridine rings is 1. The highest BCUT2D eigenvalue weighted by Gasteiger charge is 2.26. The van der Waals surface area contributed by atoms with E-state index in [2.05, 4.69) is 4.90 Å². The van der Waals surface area contributed by atoms with Crippen molar-refractivity contribution >= 4 is 35.0 Å². The average Bonchev–Trinajstić information content (AvgIpc) is 2.57. The second-order valence-electron chi connectivity index (χ2n) is 6.21. The van der Waals surface area contributed by atoms with Crippen molar-refractivity contribution in [1.82, 2.24) is 9.47 Å². The number of hydrogen-bond acceptors (Lipinski definition) is 5. The van der Waals surface area contributed by atoms with Crippen molar-refractivity contribution in [3.8, 4) is 5.75 Å². The molecule has 3 rings (SSSR count). The van der Waals surface area contributed by atoms with Gasteiger partial charge in [-0.05, 0) is 13.1 Å². The van der Waals surface area contributed by atoms with E-state index >= 15 is 0 Å². The largest absolute Gasteiger partial charge is 0.492 e. The topological polar surface area (TPSA) is 107 Å². The van der Waals surface area contributed by atoms with Gasteiger partial charge in [-0.2, -0.15) is 0 Å². The standard InChI is InChI=1S/C17H20FN3O4.ClH.H2O/c1-19-4-6-21(7-5-19)14-12(18)8-10-13(16(14)25-3)20(2)9-11(15(10)22)17(23)24;;/h8-9H,4-7H2,1-3H3,(H,23,24);1H;1H2. The summed E-state index contributed by atoms with van der Waals surface area (Å²) in [5, 5.41) is 9.17. The first kappa shape index (κ1) is 22.7. The Bertz CT molecular complexity index is 910.